The molecule has 0 aliphatic heterocycles. The Hall–Kier alpha value is -2.60. The molecular formula is C19H23FN2O3. The van der Waals surface area contributed by atoms with Gasteiger partial charge in [-0.2, -0.15) is 5.06 Å². The van der Waals surface area contributed by atoms with Crippen molar-refractivity contribution in [2.24, 2.45) is 5.73 Å². The lowest BCUT2D eigenvalue weighted by Crippen LogP contribution is -2.34. The van der Waals surface area contributed by atoms with Crippen LogP contribution in [0.4, 0.5) is 9.18 Å². The van der Waals surface area contributed by atoms with Gasteiger partial charge in [-0.25, -0.2) is 9.18 Å². The zero-order valence-electron chi connectivity index (χ0n) is 14.6. The highest BCUT2D eigenvalue weighted by Crippen LogP contribution is 2.28. The van der Waals surface area contributed by atoms with Crippen molar-refractivity contribution in [1.29, 1.82) is 0 Å². The molecule has 6 heteroatoms. The molecule has 2 aromatic rings. The van der Waals surface area contributed by atoms with Crippen LogP contribution in [0.2, 0.25) is 0 Å². The number of benzene rings is 2. The second-order valence-electron chi connectivity index (χ2n) is 5.90. The van der Waals surface area contributed by atoms with Crippen LogP contribution in [0.25, 0.3) is 0 Å². The number of hydrogen-bond donors (Lipinski definition) is 2. The second kappa shape index (κ2) is 7.98. The van der Waals surface area contributed by atoms with Crippen LogP contribution in [-0.4, -0.2) is 16.3 Å². The number of nitrogens with zero attached hydrogens (tertiary/aromatic N) is 1. The number of hydroxylamine groups is 2. The number of carbonyl (C=O) groups excluding carboxylic acids is 1. The third-order valence-electron chi connectivity index (χ3n) is 4.19. The predicted molar refractivity (Wildman–Crippen MR) is 92.9 cm³/mol. The standard InChI is InChI=1S/C19H23FN2O3/c1-4-14-5-7-15(8-6-14)13(3)25-18-10-9-16(11-17(18)20)12(2)22(24)19(21)23/h5-13,24H,4H2,1-3H3,(H2,21,23). The summed E-state index contributed by atoms with van der Waals surface area (Å²) in [5.41, 5.74) is 7.59. The molecule has 2 amide bonds. The number of nitrogens with two attached hydrogens (primary N) is 1. The Labute approximate surface area is 146 Å². The number of carbonyl (C=O) groups is 1. The van der Waals surface area contributed by atoms with Gasteiger partial charge in [0.15, 0.2) is 11.6 Å². The van der Waals surface area contributed by atoms with Gasteiger partial charge in [0.1, 0.15) is 6.10 Å². The van der Waals surface area contributed by atoms with Crippen molar-refractivity contribution in [2.45, 2.75) is 39.3 Å². The number of urea groups is 1. The number of ether oxygens (including phenoxy) is 1. The molecule has 2 aromatic carbocycles. The van der Waals surface area contributed by atoms with Crippen LogP contribution in [0, 0.1) is 5.82 Å². The lowest BCUT2D eigenvalue weighted by atomic mass is 10.1. The Morgan fingerprint density at radius 3 is 2.32 bits per heavy atom. The van der Waals surface area contributed by atoms with Crippen molar-refractivity contribution in [2.75, 3.05) is 0 Å². The van der Waals surface area contributed by atoms with Gasteiger partial charge < -0.3 is 10.5 Å². The number of hydrogen-bond acceptors (Lipinski definition) is 3. The Morgan fingerprint density at radius 2 is 1.80 bits per heavy atom. The van der Waals surface area contributed by atoms with E-state index in [1.807, 2.05) is 31.2 Å². The Balaban J connectivity index is 2.13. The predicted octanol–water partition coefficient (Wildman–Crippen LogP) is 4.36. The number of amides is 2. The smallest absolute Gasteiger partial charge is 0.339 e. The van der Waals surface area contributed by atoms with E-state index in [1.165, 1.54) is 24.6 Å². The zero-order chi connectivity index (χ0) is 18.6. The zero-order valence-corrected chi connectivity index (χ0v) is 14.6. The summed E-state index contributed by atoms with van der Waals surface area (Å²) in [5, 5.41) is 9.90. The van der Waals surface area contributed by atoms with Crippen LogP contribution in [0.15, 0.2) is 42.5 Å². The topological polar surface area (TPSA) is 75.8 Å². The number of aryl methyl sites for hydroxylation is 1. The first-order chi connectivity index (χ1) is 11.8. The van der Waals surface area contributed by atoms with E-state index in [0.29, 0.717) is 10.6 Å². The molecule has 134 valence electrons. The molecule has 2 atom stereocenters. The molecule has 0 aromatic heterocycles. The summed E-state index contributed by atoms with van der Waals surface area (Å²) in [6.07, 6.45) is 0.639. The fraction of sp³-hybridized carbons (Fsp3) is 0.316. The average molecular weight is 346 g/mol. The van der Waals surface area contributed by atoms with Gasteiger partial charge in [0, 0.05) is 0 Å². The highest BCUT2D eigenvalue weighted by molar-refractivity contribution is 5.71. The molecule has 5 nitrogen and oxygen atoms in total. The lowest BCUT2D eigenvalue weighted by molar-refractivity contribution is -0.0710. The van der Waals surface area contributed by atoms with Crippen molar-refractivity contribution in [3.63, 3.8) is 0 Å². The number of primary amides is 1. The van der Waals surface area contributed by atoms with E-state index in [0.717, 1.165) is 12.0 Å². The number of rotatable bonds is 6. The van der Waals surface area contributed by atoms with Crippen LogP contribution in [0.3, 0.4) is 0 Å². The average Bonchev–Trinajstić information content (AvgIpc) is 2.62. The fourth-order valence-electron chi connectivity index (χ4n) is 2.49. The lowest BCUT2D eigenvalue weighted by Gasteiger charge is -2.22. The van der Waals surface area contributed by atoms with E-state index in [4.69, 9.17) is 10.5 Å². The summed E-state index contributed by atoms with van der Waals surface area (Å²) in [6.45, 7) is 5.47. The highest BCUT2D eigenvalue weighted by Gasteiger charge is 2.19. The van der Waals surface area contributed by atoms with Gasteiger partial charge in [-0.3, -0.25) is 5.21 Å². The van der Waals surface area contributed by atoms with Crippen molar-refractivity contribution in [3.05, 3.63) is 65.0 Å². The molecule has 0 heterocycles. The monoisotopic (exact) mass is 346 g/mol. The summed E-state index contributed by atoms with van der Waals surface area (Å²) in [4.78, 5) is 11.0. The SMILES string of the molecule is CCc1ccc(C(C)Oc2ccc(C(C)N(O)C(N)=O)cc2F)cc1. The summed E-state index contributed by atoms with van der Waals surface area (Å²) in [7, 11) is 0. The van der Waals surface area contributed by atoms with Crippen LogP contribution in [0.1, 0.15) is 49.6 Å². The maximum Gasteiger partial charge on any atom is 0.339 e. The van der Waals surface area contributed by atoms with Gasteiger partial charge in [-0.1, -0.05) is 37.3 Å². The fourth-order valence-corrected chi connectivity index (χ4v) is 2.49. The third-order valence-corrected chi connectivity index (χ3v) is 4.19. The Bertz CT molecular complexity index is 734. The minimum Gasteiger partial charge on any atom is -0.483 e. The summed E-state index contributed by atoms with van der Waals surface area (Å²) in [5.74, 6) is -0.467. The minimum absolute atomic E-state index is 0.103. The van der Waals surface area contributed by atoms with E-state index in [1.54, 1.807) is 6.07 Å². The van der Waals surface area contributed by atoms with E-state index in [9.17, 15) is 14.4 Å². The van der Waals surface area contributed by atoms with Gasteiger partial charge in [0.25, 0.3) is 0 Å². The van der Waals surface area contributed by atoms with Gasteiger partial charge in [-0.05, 0) is 49.1 Å². The van der Waals surface area contributed by atoms with E-state index < -0.39 is 17.9 Å². The Kier molecular flexibility index (Phi) is 5.98. The molecule has 2 rings (SSSR count). The van der Waals surface area contributed by atoms with Crippen molar-refractivity contribution >= 4 is 6.03 Å². The van der Waals surface area contributed by atoms with Crippen LogP contribution in [0.5, 0.6) is 5.75 Å². The quantitative estimate of drug-likeness (QED) is 0.603. The molecule has 3 N–H and O–H groups in total. The van der Waals surface area contributed by atoms with Crippen LogP contribution < -0.4 is 10.5 Å². The maximum atomic E-state index is 14.3. The van der Waals surface area contributed by atoms with Gasteiger partial charge in [0.05, 0.1) is 6.04 Å². The largest absolute Gasteiger partial charge is 0.483 e. The van der Waals surface area contributed by atoms with Gasteiger partial charge >= 0.3 is 6.03 Å². The van der Waals surface area contributed by atoms with Crippen LogP contribution in [-0.2, 0) is 6.42 Å². The molecular weight excluding hydrogens is 323 g/mol. The van der Waals surface area contributed by atoms with Crippen molar-refractivity contribution in [1.82, 2.24) is 5.06 Å². The first-order valence-electron chi connectivity index (χ1n) is 8.16. The highest BCUT2D eigenvalue weighted by atomic mass is 19.1. The molecule has 2 unspecified atom stereocenters. The van der Waals surface area contributed by atoms with E-state index >= 15 is 0 Å². The summed E-state index contributed by atoms with van der Waals surface area (Å²) < 4.78 is 20.0. The first-order valence-corrected chi connectivity index (χ1v) is 8.16. The first kappa shape index (κ1) is 18.7. The minimum atomic E-state index is -1.00. The number of halogens is 1. The molecule has 0 saturated heterocycles. The van der Waals surface area contributed by atoms with Crippen LogP contribution >= 0.6 is 0 Å². The molecule has 0 fully saturated rings. The third kappa shape index (κ3) is 4.48. The molecule has 25 heavy (non-hydrogen) atoms. The normalized spacial score (nSPS) is 13.2. The van der Waals surface area contributed by atoms with Gasteiger partial charge in [0.2, 0.25) is 0 Å². The second-order valence-corrected chi connectivity index (χ2v) is 5.90. The maximum absolute atomic E-state index is 14.3. The molecule has 0 saturated carbocycles. The summed E-state index contributed by atoms with van der Waals surface area (Å²) >= 11 is 0. The molecule has 0 aliphatic rings. The summed E-state index contributed by atoms with van der Waals surface area (Å²) in [6, 6.07) is 10.5. The van der Waals surface area contributed by atoms with Crippen molar-refractivity contribution < 1.29 is 19.1 Å². The Morgan fingerprint density at radius 1 is 1.20 bits per heavy atom. The van der Waals surface area contributed by atoms with Crippen molar-refractivity contribution in [3.8, 4) is 5.75 Å². The molecule has 0 spiro atoms. The molecule has 0 aliphatic carbocycles. The molecule has 0 bridgehead atoms. The van der Waals surface area contributed by atoms with E-state index in [2.05, 4.69) is 6.92 Å². The van der Waals surface area contributed by atoms with E-state index in [-0.39, 0.29) is 11.9 Å². The van der Waals surface area contributed by atoms with Gasteiger partial charge in [-0.15, -0.1) is 0 Å². The molecule has 0 radical (unpaired) electrons.